The molecule has 3 heterocycles. The van der Waals surface area contributed by atoms with Gasteiger partial charge in [-0.3, -0.25) is 9.97 Å². The quantitative estimate of drug-likeness (QED) is 0.167. The Kier molecular flexibility index (Phi) is 7.17. The fourth-order valence-electron chi connectivity index (χ4n) is 8.40. The van der Waals surface area contributed by atoms with Gasteiger partial charge in [0.05, 0.1) is 22.4 Å². The molecule has 0 fully saturated rings. The molecule has 0 aliphatic rings. The van der Waals surface area contributed by atoms with E-state index in [-0.39, 0.29) is 0 Å². The van der Waals surface area contributed by atoms with Crippen LogP contribution < -0.4 is 0 Å². The third-order valence-corrected chi connectivity index (χ3v) is 11.0. The van der Waals surface area contributed by atoms with E-state index in [0.29, 0.717) is 0 Å². The summed E-state index contributed by atoms with van der Waals surface area (Å²) in [5.74, 6) is 0. The van der Waals surface area contributed by atoms with Crippen LogP contribution in [0, 0.1) is 0 Å². The molecule has 0 aliphatic carbocycles. The largest absolute Gasteiger partial charge is 0.309 e. The van der Waals surface area contributed by atoms with Crippen molar-refractivity contribution >= 4 is 54.1 Å². The summed E-state index contributed by atoms with van der Waals surface area (Å²) in [5, 5.41) is 9.73. The molecule has 0 N–H and O–H groups in total. The van der Waals surface area contributed by atoms with Crippen molar-refractivity contribution in [3.63, 3.8) is 0 Å². The van der Waals surface area contributed by atoms with Crippen molar-refractivity contribution in [1.82, 2.24) is 14.5 Å². The van der Waals surface area contributed by atoms with E-state index in [9.17, 15) is 0 Å². The molecule has 0 saturated carbocycles. The highest BCUT2D eigenvalue weighted by Gasteiger charge is 2.23. The van der Waals surface area contributed by atoms with Crippen LogP contribution in [-0.2, 0) is 0 Å². The predicted molar refractivity (Wildman–Crippen MR) is 231 cm³/mol. The zero-order valence-corrected chi connectivity index (χ0v) is 29.9. The highest BCUT2D eigenvalue weighted by Crippen LogP contribution is 2.46. The maximum atomic E-state index is 4.87. The lowest BCUT2D eigenvalue weighted by Crippen LogP contribution is -1.97. The van der Waals surface area contributed by atoms with E-state index >= 15 is 0 Å². The second-order valence-electron chi connectivity index (χ2n) is 14.2. The van der Waals surface area contributed by atoms with Gasteiger partial charge in [0, 0.05) is 45.5 Å². The zero-order chi connectivity index (χ0) is 36.3. The molecular weight excluding hydrogens is 667 g/mol. The molecule has 3 heteroatoms. The summed E-state index contributed by atoms with van der Waals surface area (Å²) >= 11 is 0. The number of hydrogen-bond donors (Lipinski definition) is 0. The molecule has 0 radical (unpaired) electrons. The Labute approximate surface area is 318 Å². The van der Waals surface area contributed by atoms with Crippen molar-refractivity contribution in [3.8, 4) is 50.5 Å². The molecular formula is C52H33N3. The summed E-state index contributed by atoms with van der Waals surface area (Å²) < 4.78 is 2.47. The summed E-state index contributed by atoms with van der Waals surface area (Å²) in [6.07, 6.45) is 3.88. The molecule has 256 valence electrons. The van der Waals surface area contributed by atoms with Crippen molar-refractivity contribution in [2.45, 2.75) is 0 Å². The van der Waals surface area contributed by atoms with E-state index in [0.717, 1.165) is 39.0 Å². The average molecular weight is 700 g/mol. The number of hydrogen-bond acceptors (Lipinski definition) is 2. The van der Waals surface area contributed by atoms with Crippen LogP contribution in [-0.4, -0.2) is 14.5 Å². The lowest BCUT2D eigenvalue weighted by molar-refractivity contribution is 1.14. The maximum absolute atomic E-state index is 4.87. The van der Waals surface area contributed by atoms with E-state index < -0.39 is 0 Å². The minimum atomic E-state index is 0.914. The predicted octanol–water partition coefficient (Wildman–Crippen LogP) is 13.7. The zero-order valence-electron chi connectivity index (χ0n) is 29.9. The normalized spacial score (nSPS) is 11.6. The summed E-state index contributed by atoms with van der Waals surface area (Å²) in [6.45, 7) is 0. The van der Waals surface area contributed by atoms with Gasteiger partial charge in [0.1, 0.15) is 0 Å². The summed E-state index contributed by atoms with van der Waals surface area (Å²) in [4.78, 5) is 9.51. The Bertz CT molecular complexity index is 3230. The van der Waals surface area contributed by atoms with Crippen LogP contribution in [0.15, 0.2) is 200 Å². The fourth-order valence-corrected chi connectivity index (χ4v) is 8.40. The number of pyridine rings is 2. The second-order valence-corrected chi connectivity index (χ2v) is 14.2. The van der Waals surface area contributed by atoms with Crippen LogP contribution in [0.1, 0.15) is 0 Å². The molecule has 8 aromatic carbocycles. The first kappa shape index (κ1) is 31.2. The minimum absolute atomic E-state index is 0.914. The standard InChI is InChI=1S/C52H33N3/c1-3-12-35(13-4-1)50-51-46-25-21-39-29-38(41-22-27-48(53-32-41)42-30-40-17-9-10-18-47(40)54-33-42)20-24-44(39)45(46)26-28-49(51)55(52(50)36-14-5-2-6-15-36)43-23-19-34-11-7-8-16-37(34)31-43/h1-33H. The minimum Gasteiger partial charge on any atom is -0.309 e. The molecule has 3 aromatic heterocycles. The number of fused-ring (bicyclic) bond motifs is 7. The molecule has 0 bridgehead atoms. The number of benzene rings is 8. The van der Waals surface area contributed by atoms with Crippen LogP contribution in [0.2, 0.25) is 0 Å². The molecule has 0 saturated heterocycles. The first-order valence-corrected chi connectivity index (χ1v) is 18.7. The van der Waals surface area contributed by atoms with Gasteiger partial charge in [0.25, 0.3) is 0 Å². The Morgan fingerprint density at radius 3 is 1.84 bits per heavy atom. The molecule has 0 atom stereocenters. The molecule has 0 spiro atoms. The van der Waals surface area contributed by atoms with Gasteiger partial charge in [-0.1, -0.05) is 146 Å². The molecule has 11 aromatic rings. The molecule has 3 nitrogen and oxygen atoms in total. The average Bonchev–Trinajstić information content (AvgIpc) is 3.62. The van der Waals surface area contributed by atoms with E-state index in [1.807, 2.05) is 30.6 Å². The first-order chi connectivity index (χ1) is 27.3. The Morgan fingerprint density at radius 1 is 0.364 bits per heavy atom. The maximum Gasteiger partial charge on any atom is 0.0718 e. The van der Waals surface area contributed by atoms with Crippen LogP contribution in [0.4, 0.5) is 0 Å². The summed E-state index contributed by atoms with van der Waals surface area (Å²) in [5.41, 5.74) is 12.3. The second kappa shape index (κ2) is 12.6. The third kappa shape index (κ3) is 5.20. The van der Waals surface area contributed by atoms with E-state index in [4.69, 9.17) is 4.98 Å². The van der Waals surface area contributed by atoms with Crippen molar-refractivity contribution < 1.29 is 0 Å². The van der Waals surface area contributed by atoms with E-state index in [2.05, 4.69) is 179 Å². The van der Waals surface area contributed by atoms with Gasteiger partial charge in [0.2, 0.25) is 0 Å². The highest BCUT2D eigenvalue weighted by atomic mass is 15.0. The Balaban J connectivity index is 1.10. The van der Waals surface area contributed by atoms with Crippen LogP contribution >= 0.6 is 0 Å². The lowest BCUT2D eigenvalue weighted by Gasteiger charge is -2.14. The molecule has 0 unspecified atom stereocenters. The van der Waals surface area contributed by atoms with E-state index in [1.165, 1.54) is 65.6 Å². The molecule has 55 heavy (non-hydrogen) atoms. The smallest absolute Gasteiger partial charge is 0.0718 e. The summed E-state index contributed by atoms with van der Waals surface area (Å²) in [7, 11) is 0. The van der Waals surface area contributed by atoms with Gasteiger partial charge in [0.15, 0.2) is 0 Å². The third-order valence-electron chi connectivity index (χ3n) is 11.0. The van der Waals surface area contributed by atoms with Gasteiger partial charge in [-0.15, -0.1) is 0 Å². The lowest BCUT2D eigenvalue weighted by atomic mass is 9.92. The van der Waals surface area contributed by atoms with Crippen LogP contribution in [0.3, 0.4) is 0 Å². The molecule has 11 rings (SSSR count). The van der Waals surface area contributed by atoms with Gasteiger partial charge in [-0.2, -0.15) is 0 Å². The number of rotatable bonds is 5. The van der Waals surface area contributed by atoms with Crippen LogP contribution in [0.5, 0.6) is 0 Å². The number of para-hydroxylation sites is 1. The van der Waals surface area contributed by atoms with Crippen molar-refractivity contribution in [3.05, 3.63) is 200 Å². The van der Waals surface area contributed by atoms with Crippen LogP contribution in [0.25, 0.3) is 105 Å². The fraction of sp³-hybridized carbons (Fsp3) is 0. The SMILES string of the molecule is c1ccc(-c2c(-c3ccccc3)n(-c3ccc4ccccc4c3)c3ccc4c5ccc(-c6ccc(-c7cnc8ccccc8c7)nc6)cc5ccc4c23)cc1. The van der Waals surface area contributed by atoms with Crippen molar-refractivity contribution in [1.29, 1.82) is 0 Å². The highest BCUT2D eigenvalue weighted by molar-refractivity contribution is 6.23. The molecule has 0 aliphatic heterocycles. The number of nitrogens with zero attached hydrogens (tertiary/aromatic N) is 3. The van der Waals surface area contributed by atoms with Gasteiger partial charge in [-0.05, 0) is 91.5 Å². The first-order valence-electron chi connectivity index (χ1n) is 18.7. The monoisotopic (exact) mass is 699 g/mol. The molecule has 0 amide bonds. The Morgan fingerprint density at radius 2 is 1.02 bits per heavy atom. The number of aromatic nitrogens is 3. The van der Waals surface area contributed by atoms with Crippen molar-refractivity contribution in [2.75, 3.05) is 0 Å². The summed E-state index contributed by atoms with van der Waals surface area (Å²) in [6, 6.07) is 67.8. The van der Waals surface area contributed by atoms with Gasteiger partial charge >= 0.3 is 0 Å². The van der Waals surface area contributed by atoms with Gasteiger partial charge in [-0.25, -0.2) is 0 Å². The van der Waals surface area contributed by atoms with Crippen molar-refractivity contribution in [2.24, 2.45) is 0 Å². The Hall–Kier alpha value is -7.36. The topological polar surface area (TPSA) is 30.7 Å². The van der Waals surface area contributed by atoms with Gasteiger partial charge < -0.3 is 4.57 Å². The van der Waals surface area contributed by atoms with E-state index in [1.54, 1.807) is 0 Å².